The molecule has 2 N–H and O–H groups in total. The minimum atomic E-state index is 0.591. The molecule has 0 fully saturated rings. The summed E-state index contributed by atoms with van der Waals surface area (Å²) in [4.78, 5) is 1.11. The second-order valence-corrected chi connectivity index (χ2v) is 4.20. The molecule has 0 heterocycles. The summed E-state index contributed by atoms with van der Waals surface area (Å²) < 4.78 is 0. The van der Waals surface area contributed by atoms with Crippen molar-refractivity contribution in [2.24, 2.45) is 5.73 Å². The maximum Gasteiger partial charge on any atom is 0.0603 e. The van der Waals surface area contributed by atoms with Gasteiger partial charge in [0.05, 0.1) is 10.0 Å². The van der Waals surface area contributed by atoms with Crippen LogP contribution in [0.1, 0.15) is 0 Å². The van der Waals surface area contributed by atoms with Gasteiger partial charge in [-0.05, 0) is 18.2 Å². The predicted octanol–water partition coefficient (Wildman–Crippen LogP) is 3.04. The highest BCUT2D eigenvalue weighted by molar-refractivity contribution is 7.99. The second kappa shape index (κ2) is 4.97. The Hall–Kier alpha value is 0.110. The molecule has 0 unspecified atom stereocenters. The Morgan fingerprint density at radius 3 is 2.58 bits per heavy atom. The van der Waals surface area contributed by atoms with E-state index in [0.29, 0.717) is 16.6 Å². The first-order valence-corrected chi connectivity index (χ1v) is 5.26. The van der Waals surface area contributed by atoms with Crippen molar-refractivity contribution < 1.29 is 0 Å². The number of benzene rings is 1. The minimum Gasteiger partial charge on any atom is -0.330 e. The van der Waals surface area contributed by atoms with E-state index in [1.165, 1.54) is 0 Å². The van der Waals surface area contributed by atoms with Crippen molar-refractivity contribution in [3.05, 3.63) is 28.2 Å². The summed E-state index contributed by atoms with van der Waals surface area (Å²) in [5.74, 6) is 0.901. The monoisotopic (exact) mass is 221 g/mol. The minimum absolute atomic E-state index is 0.591. The molecule has 66 valence electrons. The van der Waals surface area contributed by atoms with Crippen LogP contribution < -0.4 is 5.73 Å². The Balaban J connectivity index is 2.69. The third-order valence-corrected chi connectivity index (χ3v) is 3.04. The molecule has 1 aromatic rings. The van der Waals surface area contributed by atoms with Gasteiger partial charge in [-0.1, -0.05) is 23.2 Å². The van der Waals surface area contributed by atoms with E-state index in [0.717, 1.165) is 10.6 Å². The Kier molecular flexibility index (Phi) is 4.22. The van der Waals surface area contributed by atoms with Gasteiger partial charge >= 0.3 is 0 Å². The van der Waals surface area contributed by atoms with E-state index in [9.17, 15) is 0 Å². The first-order valence-electron chi connectivity index (χ1n) is 3.52. The van der Waals surface area contributed by atoms with Gasteiger partial charge in [0, 0.05) is 17.2 Å². The number of halogens is 2. The molecule has 0 saturated heterocycles. The van der Waals surface area contributed by atoms with Crippen LogP contribution in [0.3, 0.4) is 0 Å². The smallest absolute Gasteiger partial charge is 0.0603 e. The molecule has 0 radical (unpaired) electrons. The van der Waals surface area contributed by atoms with Crippen LogP contribution in [0.15, 0.2) is 23.1 Å². The van der Waals surface area contributed by atoms with Crippen molar-refractivity contribution in [3.63, 3.8) is 0 Å². The van der Waals surface area contributed by atoms with Gasteiger partial charge in [0.25, 0.3) is 0 Å². The van der Waals surface area contributed by atoms with Crippen LogP contribution in [0.25, 0.3) is 0 Å². The zero-order chi connectivity index (χ0) is 8.97. The molecule has 0 spiro atoms. The second-order valence-electron chi connectivity index (χ2n) is 2.21. The fraction of sp³-hybridized carbons (Fsp3) is 0.250. The molecule has 0 aliphatic heterocycles. The lowest BCUT2D eigenvalue weighted by Crippen LogP contribution is -2.00. The van der Waals surface area contributed by atoms with Crippen LogP contribution in [0, 0.1) is 0 Å². The first kappa shape index (κ1) is 10.2. The van der Waals surface area contributed by atoms with Crippen molar-refractivity contribution in [2.45, 2.75) is 4.90 Å². The van der Waals surface area contributed by atoms with Crippen molar-refractivity contribution >= 4 is 35.0 Å². The van der Waals surface area contributed by atoms with E-state index >= 15 is 0 Å². The van der Waals surface area contributed by atoms with E-state index in [1.54, 1.807) is 17.8 Å². The van der Waals surface area contributed by atoms with Crippen LogP contribution in [-0.2, 0) is 0 Å². The van der Waals surface area contributed by atoms with E-state index in [1.807, 2.05) is 12.1 Å². The number of nitrogens with two attached hydrogens (primary N) is 1. The topological polar surface area (TPSA) is 26.0 Å². The molecule has 1 nitrogen and oxygen atoms in total. The normalized spacial score (nSPS) is 10.2. The van der Waals surface area contributed by atoms with E-state index in [-0.39, 0.29) is 0 Å². The number of rotatable bonds is 3. The highest BCUT2D eigenvalue weighted by Crippen LogP contribution is 2.27. The van der Waals surface area contributed by atoms with E-state index in [2.05, 4.69) is 0 Å². The van der Waals surface area contributed by atoms with E-state index in [4.69, 9.17) is 28.9 Å². The summed E-state index contributed by atoms with van der Waals surface area (Å²) in [6.45, 7) is 0.672. The molecule has 0 aromatic heterocycles. The number of hydrogen-bond acceptors (Lipinski definition) is 2. The van der Waals surface area contributed by atoms with Crippen molar-refractivity contribution in [2.75, 3.05) is 12.3 Å². The summed E-state index contributed by atoms with van der Waals surface area (Å²) in [6.07, 6.45) is 0. The van der Waals surface area contributed by atoms with Crippen LogP contribution in [0.5, 0.6) is 0 Å². The van der Waals surface area contributed by atoms with Crippen LogP contribution >= 0.6 is 35.0 Å². The molecule has 1 aromatic carbocycles. The van der Waals surface area contributed by atoms with Crippen molar-refractivity contribution in [3.8, 4) is 0 Å². The van der Waals surface area contributed by atoms with Crippen LogP contribution in [0.2, 0.25) is 10.0 Å². The molecule has 0 saturated carbocycles. The zero-order valence-electron chi connectivity index (χ0n) is 6.39. The fourth-order valence-corrected chi connectivity index (χ4v) is 1.83. The average molecular weight is 222 g/mol. The summed E-state index contributed by atoms with van der Waals surface area (Å²) in [7, 11) is 0. The van der Waals surface area contributed by atoms with Gasteiger partial charge in [-0.3, -0.25) is 0 Å². The Morgan fingerprint density at radius 2 is 2.00 bits per heavy atom. The van der Waals surface area contributed by atoms with Gasteiger partial charge in [0.1, 0.15) is 0 Å². The molecular formula is C8H9Cl2NS. The molecule has 0 amide bonds. The third kappa shape index (κ3) is 2.87. The SMILES string of the molecule is NCCSc1ccc(Cl)c(Cl)c1. The maximum absolute atomic E-state index is 5.82. The first-order chi connectivity index (χ1) is 5.74. The zero-order valence-corrected chi connectivity index (χ0v) is 8.72. The van der Waals surface area contributed by atoms with Gasteiger partial charge < -0.3 is 5.73 Å². The molecule has 12 heavy (non-hydrogen) atoms. The Bertz CT molecular complexity index is 265. The highest BCUT2D eigenvalue weighted by atomic mass is 35.5. The average Bonchev–Trinajstić information content (AvgIpc) is 2.07. The van der Waals surface area contributed by atoms with Crippen molar-refractivity contribution in [1.82, 2.24) is 0 Å². The fourth-order valence-electron chi connectivity index (χ4n) is 0.743. The molecular weight excluding hydrogens is 213 g/mol. The molecule has 1 rings (SSSR count). The summed E-state index contributed by atoms with van der Waals surface area (Å²) in [5, 5.41) is 1.19. The molecule has 0 aliphatic rings. The van der Waals surface area contributed by atoms with Gasteiger partial charge in [0.2, 0.25) is 0 Å². The predicted molar refractivity (Wildman–Crippen MR) is 56.2 cm³/mol. The van der Waals surface area contributed by atoms with Gasteiger partial charge in [-0.25, -0.2) is 0 Å². The maximum atomic E-state index is 5.82. The highest BCUT2D eigenvalue weighted by Gasteiger charge is 1.98. The standard InChI is InChI=1S/C8H9Cl2NS/c9-7-2-1-6(5-8(7)10)12-4-3-11/h1-2,5H,3-4,11H2. The van der Waals surface area contributed by atoms with Crippen LogP contribution in [-0.4, -0.2) is 12.3 Å². The molecule has 0 aliphatic carbocycles. The summed E-state index contributed by atoms with van der Waals surface area (Å²) in [6, 6.07) is 5.58. The molecule has 0 bridgehead atoms. The van der Waals surface area contributed by atoms with Crippen molar-refractivity contribution in [1.29, 1.82) is 0 Å². The third-order valence-electron chi connectivity index (χ3n) is 1.28. The van der Waals surface area contributed by atoms with Gasteiger partial charge in [-0.15, -0.1) is 11.8 Å². The van der Waals surface area contributed by atoms with Gasteiger partial charge in [-0.2, -0.15) is 0 Å². The van der Waals surface area contributed by atoms with E-state index < -0.39 is 0 Å². The molecule has 0 atom stereocenters. The molecule has 4 heteroatoms. The number of hydrogen-bond donors (Lipinski definition) is 1. The largest absolute Gasteiger partial charge is 0.330 e. The lowest BCUT2D eigenvalue weighted by Gasteiger charge is -2.00. The lowest BCUT2D eigenvalue weighted by atomic mass is 10.4. The number of thioether (sulfide) groups is 1. The van der Waals surface area contributed by atoms with Gasteiger partial charge in [0.15, 0.2) is 0 Å². The lowest BCUT2D eigenvalue weighted by molar-refractivity contribution is 1.15. The Morgan fingerprint density at radius 1 is 1.25 bits per heavy atom. The Labute approximate surface area is 86.2 Å². The summed E-state index contributed by atoms with van der Waals surface area (Å²) >= 11 is 13.2. The van der Waals surface area contributed by atoms with Crippen LogP contribution in [0.4, 0.5) is 0 Å². The quantitative estimate of drug-likeness (QED) is 0.795. The summed E-state index contributed by atoms with van der Waals surface area (Å²) in [5.41, 5.74) is 5.36.